The molecule has 122 valence electrons. The van der Waals surface area contributed by atoms with Gasteiger partial charge in [0.05, 0.1) is 5.69 Å². The second kappa shape index (κ2) is 6.44. The number of hydrogen-bond donors (Lipinski definition) is 1. The molecule has 1 aliphatic rings. The SMILES string of the molecule is Cc1cc(C)n([C@H](C)C(=O)N[C@@H]2CCN(c3ccccc3)C2)n1. The first-order chi connectivity index (χ1) is 11.0. The molecule has 0 bridgehead atoms. The number of amides is 1. The average molecular weight is 312 g/mol. The summed E-state index contributed by atoms with van der Waals surface area (Å²) in [5, 5.41) is 7.59. The first kappa shape index (κ1) is 15.6. The topological polar surface area (TPSA) is 50.2 Å². The summed E-state index contributed by atoms with van der Waals surface area (Å²) in [7, 11) is 0. The van der Waals surface area contributed by atoms with Gasteiger partial charge in [-0.15, -0.1) is 0 Å². The summed E-state index contributed by atoms with van der Waals surface area (Å²) in [5.41, 5.74) is 3.18. The molecule has 0 radical (unpaired) electrons. The van der Waals surface area contributed by atoms with Gasteiger partial charge in [0, 0.05) is 30.5 Å². The molecule has 1 aliphatic heterocycles. The average Bonchev–Trinajstić information content (AvgIpc) is 3.13. The number of aryl methyl sites for hydroxylation is 2. The van der Waals surface area contributed by atoms with Crippen LogP contribution in [0.15, 0.2) is 36.4 Å². The van der Waals surface area contributed by atoms with E-state index < -0.39 is 0 Å². The number of aromatic nitrogens is 2. The highest BCUT2D eigenvalue weighted by atomic mass is 16.2. The number of nitrogens with one attached hydrogen (secondary N) is 1. The Balaban J connectivity index is 1.60. The molecule has 0 spiro atoms. The molecular weight excluding hydrogens is 288 g/mol. The van der Waals surface area contributed by atoms with Crippen molar-refractivity contribution in [2.24, 2.45) is 0 Å². The quantitative estimate of drug-likeness (QED) is 0.943. The van der Waals surface area contributed by atoms with Crippen molar-refractivity contribution in [3.63, 3.8) is 0 Å². The van der Waals surface area contributed by atoms with Gasteiger partial charge < -0.3 is 10.2 Å². The van der Waals surface area contributed by atoms with Crippen LogP contribution >= 0.6 is 0 Å². The number of hydrogen-bond acceptors (Lipinski definition) is 3. The molecule has 2 heterocycles. The molecule has 1 aromatic heterocycles. The van der Waals surface area contributed by atoms with Gasteiger partial charge in [-0.3, -0.25) is 9.48 Å². The maximum absolute atomic E-state index is 12.5. The number of rotatable bonds is 4. The first-order valence-electron chi connectivity index (χ1n) is 8.17. The predicted molar refractivity (Wildman–Crippen MR) is 91.6 cm³/mol. The van der Waals surface area contributed by atoms with Gasteiger partial charge in [-0.2, -0.15) is 5.10 Å². The minimum atomic E-state index is -0.283. The molecule has 0 unspecified atom stereocenters. The predicted octanol–water partition coefficient (Wildman–Crippen LogP) is 2.46. The van der Waals surface area contributed by atoms with E-state index in [9.17, 15) is 4.79 Å². The molecule has 1 N–H and O–H groups in total. The lowest BCUT2D eigenvalue weighted by Crippen LogP contribution is -2.41. The van der Waals surface area contributed by atoms with E-state index in [1.165, 1.54) is 5.69 Å². The van der Waals surface area contributed by atoms with Crippen molar-refractivity contribution in [3.05, 3.63) is 47.8 Å². The Morgan fingerprint density at radius 2 is 2.04 bits per heavy atom. The normalized spacial score (nSPS) is 18.9. The van der Waals surface area contributed by atoms with Crippen molar-refractivity contribution in [2.45, 2.75) is 39.3 Å². The van der Waals surface area contributed by atoms with Gasteiger partial charge >= 0.3 is 0 Å². The standard InChI is InChI=1S/C18H24N4O/c1-13-11-14(2)22(20-13)15(3)18(23)19-16-9-10-21(12-16)17-7-5-4-6-8-17/h4-8,11,15-16H,9-10,12H2,1-3H3,(H,19,23)/t15-,16-/m1/s1. The van der Waals surface area contributed by atoms with Crippen LogP contribution in [0.3, 0.4) is 0 Å². The molecule has 1 saturated heterocycles. The van der Waals surface area contributed by atoms with E-state index in [-0.39, 0.29) is 18.0 Å². The zero-order chi connectivity index (χ0) is 16.4. The molecule has 5 nitrogen and oxygen atoms in total. The molecule has 1 aromatic carbocycles. The molecule has 2 aromatic rings. The molecule has 0 aliphatic carbocycles. The Morgan fingerprint density at radius 3 is 2.70 bits per heavy atom. The minimum absolute atomic E-state index is 0.0381. The van der Waals surface area contributed by atoms with Crippen LogP contribution < -0.4 is 10.2 Å². The van der Waals surface area contributed by atoms with Gasteiger partial charge in [-0.1, -0.05) is 18.2 Å². The van der Waals surface area contributed by atoms with Crippen LogP contribution in [-0.4, -0.2) is 34.8 Å². The molecule has 5 heteroatoms. The van der Waals surface area contributed by atoms with Crippen LogP contribution in [0.1, 0.15) is 30.8 Å². The number of para-hydroxylation sites is 1. The van der Waals surface area contributed by atoms with Crippen molar-refractivity contribution >= 4 is 11.6 Å². The minimum Gasteiger partial charge on any atom is -0.369 e. The fourth-order valence-corrected chi connectivity index (χ4v) is 3.22. The monoisotopic (exact) mass is 312 g/mol. The maximum atomic E-state index is 12.5. The summed E-state index contributed by atoms with van der Waals surface area (Å²) < 4.78 is 1.80. The lowest BCUT2D eigenvalue weighted by atomic mass is 10.2. The van der Waals surface area contributed by atoms with Crippen molar-refractivity contribution in [2.75, 3.05) is 18.0 Å². The Labute approximate surface area is 137 Å². The third kappa shape index (κ3) is 3.38. The molecule has 0 saturated carbocycles. The lowest BCUT2D eigenvalue weighted by molar-refractivity contribution is -0.124. The van der Waals surface area contributed by atoms with E-state index in [2.05, 4.69) is 27.4 Å². The van der Waals surface area contributed by atoms with Crippen LogP contribution in [0.25, 0.3) is 0 Å². The van der Waals surface area contributed by atoms with Crippen LogP contribution in [-0.2, 0) is 4.79 Å². The van der Waals surface area contributed by atoms with Gasteiger partial charge in [0.2, 0.25) is 5.91 Å². The number of anilines is 1. The summed E-state index contributed by atoms with van der Waals surface area (Å²) in [4.78, 5) is 14.8. The van der Waals surface area contributed by atoms with E-state index in [4.69, 9.17) is 0 Å². The van der Waals surface area contributed by atoms with Crippen molar-refractivity contribution in [3.8, 4) is 0 Å². The highest BCUT2D eigenvalue weighted by molar-refractivity contribution is 5.80. The summed E-state index contributed by atoms with van der Waals surface area (Å²) in [6.45, 7) is 7.67. The Kier molecular flexibility index (Phi) is 4.37. The van der Waals surface area contributed by atoms with Gasteiger partial charge in [-0.25, -0.2) is 0 Å². The fourth-order valence-electron chi connectivity index (χ4n) is 3.22. The van der Waals surface area contributed by atoms with E-state index in [1.807, 2.05) is 45.0 Å². The lowest BCUT2D eigenvalue weighted by Gasteiger charge is -2.20. The second-order valence-corrected chi connectivity index (χ2v) is 6.32. The van der Waals surface area contributed by atoms with Crippen molar-refractivity contribution in [1.82, 2.24) is 15.1 Å². The first-order valence-corrected chi connectivity index (χ1v) is 8.17. The molecule has 3 rings (SSSR count). The maximum Gasteiger partial charge on any atom is 0.244 e. The van der Waals surface area contributed by atoms with Gasteiger partial charge in [-0.05, 0) is 45.4 Å². The number of carbonyl (C=O) groups excluding carboxylic acids is 1. The largest absolute Gasteiger partial charge is 0.369 e. The summed E-state index contributed by atoms with van der Waals surface area (Å²) in [6, 6.07) is 12.3. The highest BCUT2D eigenvalue weighted by Crippen LogP contribution is 2.20. The smallest absolute Gasteiger partial charge is 0.244 e. The third-order valence-corrected chi connectivity index (χ3v) is 4.45. The summed E-state index contributed by atoms with van der Waals surface area (Å²) in [5.74, 6) is 0.0381. The molecule has 23 heavy (non-hydrogen) atoms. The zero-order valence-electron chi connectivity index (χ0n) is 14.0. The van der Waals surface area contributed by atoms with E-state index in [0.717, 1.165) is 30.9 Å². The van der Waals surface area contributed by atoms with E-state index in [0.29, 0.717) is 0 Å². The number of benzene rings is 1. The third-order valence-electron chi connectivity index (χ3n) is 4.45. The van der Waals surface area contributed by atoms with Crippen LogP contribution in [0, 0.1) is 13.8 Å². The van der Waals surface area contributed by atoms with Crippen LogP contribution in [0.5, 0.6) is 0 Å². The van der Waals surface area contributed by atoms with E-state index in [1.54, 1.807) is 4.68 Å². The Hall–Kier alpha value is -2.30. The molecular formula is C18H24N4O. The van der Waals surface area contributed by atoms with Gasteiger partial charge in [0.15, 0.2) is 0 Å². The zero-order valence-corrected chi connectivity index (χ0v) is 14.0. The summed E-state index contributed by atoms with van der Waals surface area (Å²) >= 11 is 0. The fraction of sp³-hybridized carbons (Fsp3) is 0.444. The van der Waals surface area contributed by atoms with Gasteiger partial charge in [0.1, 0.15) is 6.04 Å². The van der Waals surface area contributed by atoms with Crippen molar-refractivity contribution < 1.29 is 4.79 Å². The van der Waals surface area contributed by atoms with Gasteiger partial charge in [0.25, 0.3) is 0 Å². The number of nitrogens with zero attached hydrogens (tertiary/aromatic N) is 3. The Morgan fingerprint density at radius 1 is 1.30 bits per heavy atom. The number of carbonyl (C=O) groups is 1. The molecule has 1 fully saturated rings. The van der Waals surface area contributed by atoms with E-state index >= 15 is 0 Å². The van der Waals surface area contributed by atoms with Crippen molar-refractivity contribution in [1.29, 1.82) is 0 Å². The highest BCUT2D eigenvalue weighted by Gasteiger charge is 2.26. The Bertz CT molecular complexity index is 680. The molecule has 2 atom stereocenters. The second-order valence-electron chi connectivity index (χ2n) is 6.32. The molecule has 1 amide bonds. The summed E-state index contributed by atoms with van der Waals surface area (Å²) in [6.07, 6.45) is 0.977. The van der Waals surface area contributed by atoms with Crippen LogP contribution in [0.4, 0.5) is 5.69 Å². The van der Waals surface area contributed by atoms with Crippen LogP contribution in [0.2, 0.25) is 0 Å².